The summed E-state index contributed by atoms with van der Waals surface area (Å²) in [7, 11) is 1.69. The zero-order valence-corrected chi connectivity index (χ0v) is 15.9. The maximum Gasteiger partial charge on any atom is 0.131 e. The molecule has 0 fully saturated rings. The van der Waals surface area contributed by atoms with E-state index in [0.717, 1.165) is 63.8 Å². The van der Waals surface area contributed by atoms with Crippen LogP contribution in [0.15, 0.2) is 48.7 Å². The second kappa shape index (κ2) is 7.94. The van der Waals surface area contributed by atoms with Crippen molar-refractivity contribution >= 4 is 50.0 Å². The van der Waals surface area contributed by atoms with E-state index in [-0.39, 0.29) is 0 Å². The molecule has 0 amide bonds. The number of fused-ring (bicyclic) bond motifs is 4. The zero-order valence-electron chi connectivity index (χ0n) is 15.1. The Balaban J connectivity index is 1.94. The molecule has 0 aliphatic heterocycles. The standard InChI is InChI=1S/C21H21ClN4O/c1-27-17-13-14-5-4-9-24-19(14)21-18(17)20(25-12-11-23-10-8-22)15-6-2-3-7-16(15)26-21/h2-7,9,13,23H,8,10-12H2,1H3,(H,25,26). The van der Waals surface area contributed by atoms with E-state index in [0.29, 0.717) is 5.88 Å². The van der Waals surface area contributed by atoms with Crippen molar-refractivity contribution in [3.05, 3.63) is 48.7 Å². The van der Waals surface area contributed by atoms with Crippen molar-refractivity contribution < 1.29 is 4.74 Å². The number of nitrogens with zero attached hydrogens (tertiary/aromatic N) is 2. The van der Waals surface area contributed by atoms with Gasteiger partial charge in [0.2, 0.25) is 0 Å². The quantitative estimate of drug-likeness (QED) is 0.218. The lowest BCUT2D eigenvalue weighted by Crippen LogP contribution is -2.24. The predicted molar refractivity (Wildman–Crippen MR) is 113 cm³/mol. The number of nitrogens with one attached hydrogen (secondary N) is 2. The van der Waals surface area contributed by atoms with Crippen LogP contribution in [0.1, 0.15) is 0 Å². The van der Waals surface area contributed by atoms with Gasteiger partial charge in [0.1, 0.15) is 11.3 Å². The Bertz CT molecular complexity index is 1100. The third-order valence-corrected chi connectivity index (χ3v) is 4.77. The van der Waals surface area contributed by atoms with Gasteiger partial charge in [0.05, 0.1) is 29.2 Å². The van der Waals surface area contributed by atoms with Crippen molar-refractivity contribution in [2.45, 2.75) is 0 Å². The Hall–Kier alpha value is -2.63. The third kappa shape index (κ3) is 3.36. The van der Waals surface area contributed by atoms with Gasteiger partial charge in [-0.2, -0.15) is 0 Å². The first-order valence-corrected chi connectivity index (χ1v) is 9.51. The molecule has 4 aromatic rings. The number of hydrogen-bond donors (Lipinski definition) is 2. The van der Waals surface area contributed by atoms with Crippen molar-refractivity contribution in [2.75, 3.05) is 37.9 Å². The number of benzene rings is 2. The minimum atomic E-state index is 0.604. The van der Waals surface area contributed by atoms with Crippen LogP contribution in [0.4, 0.5) is 5.69 Å². The van der Waals surface area contributed by atoms with Crippen LogP contribution in [0.3, 0.4) is 0 Å². The number of alkyl halides is 1. The second-order valence-electron chi connectivity index (χ2n) is 6.25. The highest BCUT2D eigenvalue weighted by atomic mass is 35.5. The molecule has 0 radical (unpaired) electrons. The molecule has 2 aromatic heterocycles. The molecular weight excluding hydrogens is 360 g/mol. The lowest BCUT2D eigenvalue weighted by molar-refractivity contribution is 0.420. The van der Waals surface area contributed by atoms with Gasteiger partial charge in [-0.05, 0) is 18.2 Å². The van der Waals surface area contributed by atoms with Crippen molar-refractivity contribution in [2.24, 2.45) is 0 Å². The molecule has 0 spiro atoms. The Labute approximate surface area is 162 Å². The molecule has 0 aliphatic carbocycles. The maximum absolute atomic E-state index is 5.73. The Kier molecular flexibility index (Phi) is 5.23. The van der Waals surface area contributed by atoms with Gasteiger partial charge < -0.3 is 15.4 Å². The van der Waals surface area contributed by atoms with Crippen LogP contribution in [-0.4, -0.2) is 42.6 Å². The van der Waals surface area contributed by atoms with Gasteiger partial charge in [-0.3, -0.25) is 4.98 Å². The molecular formula is C21H21ClN4O. The average Bonchev–Trinajstić information content (AvgIpc) is 2.72. The van der Waals surface area contributed by atoms with E-state index < -0.39 is 0 Å². The number of halogens is 1. The van der Waals surface area contributed by atoms with Crippen LogP contribution in [0.5, 0.6) is 5.75 Å². The van der Waals surface area contributed by atoms with Crippen LogP contribution < -0.4 is 15.4 Å². The summed E-state index contributed by atoms with van der Waals surface area (Å²) in [4.78, 5) is 9.50. The normalized spacial score (nSPS) is 11.3. The molecule has 2 N–H and O–H groups in total. The van der Waals surface area contributed by atoms with Crippen molar-refractivity contribution in [3.8, 4) is 5.75 Å². The minimum Gasteiger partial charge on any atom is -0.496 e. The van der Waals surface area contributed by atoms with Crippen molar-refractivity contribution in [3.63, 3.8) is 0 Å². The van der Waals surface area contributed by atoms with Gasteiger partial charge in [-0.15, -0.1) is 11.6 Å². The molecule has 0 bridgehead atoms. The fourth-order valence-electron chi connectivity index (χ4n) is 3.38. The molecule has 2 heterocycles. The highest BCUT2D eigenvalue weighted by Crippen LogP contribution is 2.39. The Morgan fingerprint density at radius 2 is 1.93 bits per heavy atom. The van der Waals surface area contributed by atoms with E-state index in [1.54, 1.807) is 13.3 Å². The van der Waals surface area contributed by atoms with Crippen molar-refractivity contribution in [1.29, 1.82) is 0 Å². The summed E-state index contributed by atoms with van der Waals surface area (Å²) in [5, 5.41) is 9.92. The highest BCUT2D eigenvalue weighted by Gasteiger charge is 2.16. The first-order valence-electron chi connectivity index (χ1n) is 8.98. The number of para-hydroxylation sites is 1. The van der Waals surface area contributed by atoms with Gasteiger partial charge in [0.25, 0.3) is 0 Å². The number of rotatable bonds is 7. The molecule has 4 rings (SSSR count). The number of aromatic nitrogens is 2. The predicted octanol–water partition coefficient (Wildman–Crippen LogP) is 4.19. The molecule has 0 unspecified atom stereocenters. The van der Waals surface area contributed by atoms with E-state index in [4.69, 9.17) is 21.3 Å². The van der Waals surface area contributed by atoms with Crippen LogP contribution in [0, 0.1) is 0 Å². The van der Waals surface area contributed by atoms with Crippen molar-refractivity contribution in [1.82, 2.24) is 15.3 Å². The number of anilines is 1. The number of methoxy groups -OCH3 is 1. The minimum absolute atomic E-state index is 0.604. The summed E-state index contributed by atoms with van der Waals surface area (Å²) in [6.07, 6.45) is 1.80. The van der Waals surface area contributed by atoms with E-state index >= 15 is 0 Å². The van der Waals surface area contributed by atoms with E-state index in [1.165, 1.54) is 0 Å². The Morgan fingerprint density at radius 3 is 2.78 bits per heavy atom. The first-order chi connectivity index (χ1) is 13.3. The molecule has 0 atom stereocenters. The molecule has 5 nitrogen and oxygen atoms in total. The number of pyridine rings is 2. The van der Waals surface area contributed by atoms with Crippen LogP contribution in [0.2, 0.25) is 0 Å². The summed E-state index contributed by atoms with van der Waals surface area (Å²) in [5.41, 5.74) is 3.68. The summed E-state index contributed by atoms with van der Waals surface area (Å²) in [6, 6.07) is 14.1. The fraction of sp³-hybridized carbons (Fsp3) is 0.238. The second-order valence-corrected chi connectivity index (χ2v) is 6.63. The largest absolute Gasteiger partial charge is 0.496 e. The first kappa shape index (κ1) is 17.8. The van der Waals surface area contributed by atoms with Gasteiger partial charge >= 0.3 is 0 Å². The van der Waals surface area contributed by atoms with Gasteiger partial charge in [-0.1, -0.05) is 24.3 Å². The van der Waals surface area contributed by atoms with E-state index in [2.05, 4.69) is 21.7 Å². The van der Waals surface area contributed by atoms with Gasteiger partial charge in [0.15, 0.2) is 0 Å². The average molecular weight is 381 g/mol. The Morgan fingerprint density at radius 1 is 1.04 bits per heavy atom. The third-order valence-electron chi connectivity index (χ3n) is 4.58. The molecule has 0 saturated carbocycles. The number of ether oxygens (including phenoxy) is 1. The molecule has 138 valence electrons. The summed E-state index contributed by atoms with van der Waals surface area (Å²) in [5.74, 6) is 1.40. The SMILES string of the molecule is COc1cc2cccnc2c2nc3ccccc3c(NCCNCCCl)c12. The van der Waals surface area contributed by atoms with Crippen LogP contribution >= 0.6 is 11.6 Å². The fourth-order valence-corrected chi connectivity index (χ4v) is 3.51. The zero-order chi connectivity index (χ0) is 18.6. The monoisotopic (exact) mass is 380 g/mol. The lowest BCUT2D eigenvalue weighted by Gasteiger charge is -2.17. The molecule has 0 saturated heterocycles. The van der Waals surface area contributed by atoms with Crippen LogP contribution in [0.25, 0.3) is 32.7 Å². The van der Waals surface area contributed by atoms with Gasteiger partial charge in [-0.25, -0.2) is 4.98 Å². The summed E-state index contributed by atoms with van der Waals surface area (Å²) >= 11 is 5.73. The van der Waals surface area contributed by atoms with E-state index in [1.807, 2.05) is 36.4 Å². The molecule has 2 aromatic carbocycles. The number of hydrogen-bond acceptors (Lipinski definition) is 5. The smallest absolute Gasteiger partial charge is 0.131 e. The highest BCUT2D eigenvalue weighted by molar-refractivity contribution is 6.18. The molecule has 6 heteroatoms. The topological polar surface area (TPSA) is 59.1 Å². The molecule has 0 aliphatic rings. The maximum atomic E-state index is 5.73. The van der Waals surface area contributed by atoms with Crippen LogP contribution in [-0.2, 0) is 0 Å². The lowest BCUT2D eigenvalue weighted by atomic mass is 10.0. The van der Waals surface area contributed by atoms with Gasteiger partial charge in [0, 0.05) is 42.5 Å². The molecule has 27 heavy (non-hydrogen) atoms. The van der Waals surface area contributed by atoms with E-state index in [9.17, 15) is 0 Å². The summed E-state index contributed by atoms with van der Waals surface area (Å²) in [6.45, 7) is 2.38. The summed E-state index contributed by atoms with van der Waals surface area (Å²) < 4.78 is 5.73.